The number of aliphatic hydroxyl groups is 1. The third-order valence-electron chi connectivity index (χ3n) is 28.3. The van der Waals surface area contributed by atoms with E-state index in [0.717, 1.165) is 160 Å². The summed E-state index contributed by atoms with van der Waals surface area (Å²) >= 11 is 0. The summed E-state index contributed by atoms with van der Waals surface area (Å²) in [6.45, 7) is 17.8. The van der Waals surface area contributed by atoms with Gasteiger partial charge in [-0.15, -0.1) is 0 Å². The van der Waals surface area contributed by atoms with Gasteiger partial charge < -0.3 is 110 Å². The number of carbonyl (C=O) groups excluding carboxylic acids is 6. The number of carbonyl (C=O) groups is 7. The second-order valence-corrected chi connectivity index (χ2v) is 40.1. The zero-order valence-electron chi connectivity index (χ0n) is 87.3. The second-order valence-electron chi connectivity index (χ2n) is 40.1. The number of aromatic nitrogens is 4. The summed E-state index contributed by atoms with van der Waals surface area (Å²) in [6, 6.07) is 18.5. The molecule has 0 spiro atoms. The zero-order chi connectivity index (χ0) is 105. The molecule has 2 aliphatic heterocycles. The van der Waals surface area contributed by atoms with Crippen molar-refractivity contribution >= 4 is 54.9 Å². The van der Waals surface area contributed by atoms with Gasteiger partial charge in [0.2, 0.25) is 0 Å². The van der Waals surface area contributed by atoms with Crippen molar-refractivity contribution in [3.63, 3.8) is 0 Å². The standard InChI is InChI=1S/C27H35FN2O6.C24H29FN2O6.C23H30BFN2O5.C17H19FN2O4.C10H18O3.C5H10O.Li.H2O2.H2O/c1-17(2)35-26(31)19-7-6-10-21(13-19)36-23-12-11-18(14-22(23)28)25-24(34-16-29-25)15-33-27(32)30(3)20-8-4-5-9-20;1-27(17-6-2-3-7-17)24(30)31-13-21-22(26-14-32-21)15-9-10-20(19(25)12-15)33-18-8-4-5-16(11-18)23(28)29;1-22(2)23(3,4)32-24(31-22)17-11-10-15(12-18(17)25)20-19(30-14-26-20)13-29-21(28)27(5)16-8-6-7-9-16;1-20(12-4-2-3-5-12)17(22)23-9-15-16(19-10-24-15)11-6-7-14(21)13(18)8-11;1-7(2)13-10(12)8-4-3-5-9(11)6-8;1-5-3-2-4-6-5;;1-2;/h11-12,14,16-17,19-21H,4-10,13,15H2,1-3H3;9-10,12,14,16-18H,2-8,11,13H2,1H3,(H,28,29);10-12,14,16H,6-9,13H2,1-5H3;6-8,10,12,21H,2-5,9H2,1H3;7-9,11H,3-6H2,1-2H3;5H,2-4H2,1H3;;1-2H;1H2/q;;;;;;+1;;/p-1/t19-,21-;16-,18-;;;8-,9-;;;;/m00..0..../s1. The number of rotatable bonds is 26. The van der Waals surface area contributed by atoms with Crippen molar-refractivity contribution in [1.29, 1.82) is 0 Å². The van der Waals surface area contributed by atoms with Crippen molar-refractivity contribution in [3.05, 3.63) is 145 Å². The van der Waals surface area contributed by atoms with Crippen LogP contribution >= 0.6 is 0 Å². The molecule has 6 N–H and O–H groups in total. The number of phenols is 1. The molecule has 1 unspecified atom stereocenters. The van der Waals surface area contributed by atoms with Crippen molar-refractivity contribution in [2.45, 2.75) is 353 Å². The maximum atomic E-state index is 15.0. The van der Waals surface area contributed by atoms with E-state index in [-0.39, 0.29) is 141 Å². The van der Waals surface area contributed by atoms with E-state index in [1.807, 2.05) is 55.4 Å². The summed E-state index contributed by atoms with van der Waals surface area (Å²) < 4.78 is 140. The smallest absolute Gasteiger partial charge is 0.870 e. The van der Waals surface area contributed by atoms with Gasteiger partial charge in [-0.1, -0.05) is 69.9 Å². The van der Waals surface area contributed by atoms with Crippen LogP contribution in [0.1, 0.15) is 278 Å². The van der Waals surface area contributed by atoms with E-state index in [4.69, 9.17) is 80.1 Å². The van der Waals surface area contributed by atoms with Crippen molar-refractivity contribution in [2.75, 3.05) is 34.8 Å². The first-order valence-corrected chi connectivity index (χ1v) is 50.9. The molecule has 2 saturated heterocycles. The van der Waals surface area contributed by atoms with Crippen molar-refractivity contribution in [3.8, 4) is 62.3 Å². The number of ether oxygens (including phenoxy) is 9. The van der Waals surface area contributed by atoms with Gasteiger partial charge in [0.1, 0.15) is 28.6 Å². The van der Waals surface area contributed by atoms with Crippen LogP contribution in [0.3, 0.4) is 0 Å². The van der Waals surface area contributed by atoms with Crippen LogP contribution < -0.4 is 33.8 Å². The molecule has 36 nitrogen and oxygen atoms in total. The monoisotopic (exact) mass is 2070 g/mol. The van der Waals surface area contributed by atoms with Gasteiger partial charge in [0.15, 0.2) is 110 Å². The molecule has 7 atom stereocenters. The van der Waals surface area contributed by atoms with Crippen LogP contribution in [0.2, 0.25) is 0 Å². The molecule has 4 aromatic carbocycles. The Balaban J connectivity index is 0.000000206. The number of benzene rings is 4. The first-order valence-electron chi connectivity index (χ1n) is 50.9. The third kappa shape index (κ3) is 34.4. The number of hydrogen-bond donors (Lipinski definition) is 5. The zero-order valence-corrected chi connectivity index (χ0v) is 87.3. The van der Waals surface area contributed by atoms with Gasteiger partial charge in [-0.2, -0.15) is 0 Å². The quantitative estimate of drug-likeness (QED) is 0.00839. The van der Waals surface area contributed by atoms with E-state index in [1.54, 1.807) is 78.1 Å². The van der Waals surface area contributed by atoms with Crippen LogP contribution in [-0.2, 0) is 83.3 Å². The molecule has 17 rings (SSSR count). The van der Waals surface area contributed by atoms with Gasteiger partial charge in [0, 0.05) is 86.7 Å². The fourth-order valence-electron chi connectivity index (χ4n) is 19.2. The summed E-state index contributed by atoms with van der Waals surface area (Å²) in [5, 5.41) is 39.8. The molecule has 9 fully saturated rings. The molecular formula is C106H144BF4LiN8O28. The van der Waals surface area contributed by atoms with Crippen LogP contribution in [-0.4, -0.2) is 227 Å². The molecule has 0 bridgehead atoms. The molecule has 4 aromatic heterocycles. The number of hydrogen-bond acceptors (Lipinski definition) is 31. The van der Waals surface area contributed by atoms with E-state index in [0.29, 0.717) is 112 Å². The molecule has 808 valence electrons. The fraction of sp³-hybridized carbons (Fsp3) is 0.594. The number of phenolic OH excluding ortho intramolecular Hbond substituents is 1. The van der Waals surface area contributed by atoms with E-state index in [1.165, 1.54) is 74.8 Å². The first kappa shape index (κ1) is 120. The third-order valence-corrected chi connectivity index (χ3v) is 28.3. The normalized spacial score (nSPS) is 20.3. The summed E-state index contributed by atoms with van der Waals surface area (Å²) in [6.07, 6.45) is 30.5. The Labute approximate surface area is 873 Å². The summed E-state index contributed by atoms with van der Waals surface area (Å²) in [5.41, 5.74) is 2.73. The van der Waals surface area contributed by atoms with Crippen LogP contribution in [0.4, 0.5) is 36.7 Å². The minimum absolute atomic E-state index is 0. The van der Waals surface area contributed by atoms with Crippen LogP contribution in [0.5, 0.6) is 17.2 Å². The number of oxazole rings is 4. The van der Waals surface area contributed by atoms with Gasteiger partial charge in [0.05, 0.1) is 65.6 Å². The SMILES string of the molecule is CC(C)OC(=O)[C@H]1CCC[C@H](O)C1.CC(C)OC(=O)[C@H]1CCC[C@H](Oc2ccc(-c3ncoc3COC(=O)N(C)C3CCCC3)cc2F)C1.CC1CCCO1.CN(C(=O)OCc1ocnc1-c1ccc(B2OC(C)(C)C(C)(C)O2)c(F)c1)C1CCCC1.CN(C(=O)OCc1ocnc1-c1ccc(O)c(F)c1)C1CCCC1.CN(C(=O)OCc1ocnc1-c1ccc(O[C@H]2CCC[C@H](C(=O)O)C2)c(F)c1)C1CCCC1.OO.[Li+].[OH-]. The molecule has 42 heteroatoms. The van der Waals surface area contributed by atoms with Crippen molar-refractivity contribution < 1.29 is 171 Å². The Kier molecular flexibility index (Phi) is 47.3. The van der Waals surface area contributed by atoms with Gasteiger partial charge in [-0.05, 0) is 258 Å². The molecule has 6 heterocycles. The number of carboxylic acids is 1. The Morgan fingerprint density at radius 3 is 1.05 bits per heavy atom. The molecule has 0 radical (unpaired) electrons. The molecular weight excluding hydrogens is 1930 g/mol. The van der Waals surface area contributed by atoms with Crippen LogP contribution in [0, 0.1) is 41.0 Å². The van der Waals surface area contributed by atoms with E-state index in [2.05, 4.69) is 26.9 Å². The van der Waals surface area contributed by atoms with Crippen molar-refractivity contribution in [1.82, 2.24) is 39.5 Å². The molecule has 7 saturated carbocycles. The van der Waals surface area contributed by atoms with Gasteiger partial charge >= 0.3 is 68.3 Å². The fourth-order valence-corrected chi connectivity index (χ4v) is 19.2. The number of nitrogens with zero attached hydrogens (tertiary/aromatic N) is 8. The number of aromatic hydroxyl groups is 1. The maximum absolute atomic E-state index is 15.0. The number of aliphatic carboxylic acids is 1. The first-order chi connectivity index (χ1) is 69.9. The van der Waals surface area contributed by atoms with Crippen LogP contribution in [0.15, 0.2) is 116 Å². The van der Waals surface area contributed by atoms with Gasteiger partial charge in [0.25, 0.3) is 0 Å². The summed E-state index contributed by atoms with van der Waals surface area (Å²) in [5.74, 6) is -3.18. The Bertz CT molecular complexity index is 5490. The Morgan fingerprint density at radius 2 is 0.743 bits per heavy atom. The van der Waals surface area contributed by atoms with Gasteiger partial charge in [-0.3, -0.25) is 24.9 Å². The Hall–Kier alpha value is -11.3. The maximum Gasteiger partial charge on any atom is 1.00 e. The minimum Gasteiger partial charge on any atom is -0.870 e. The average Bonchev–Trinajstić information content (AvgIpc) is 1.61. The minimum atomic E-state index is -0.840. The molecule has 148 heavy (non-hydrogen) atoms. The molecule has 4 amide bonds. The van der Waals surface area contributed by atoms with E-state index < -0.39 is 83.6 Å². The topological polar surface area (TPSA) is 469 Å². The second kappa shape index (κ2) is 58.2. The largest absolute Gasteiger partial charge is 1.00 e. The van der Waals surface area contributed by atoms with Crippen molar-refractivity contribution in [2.24, 2.45) is 17.8 Å². The average molecular weight is 2070 g/mol. The molecule has 9 aliphatic rings. The van der Waals surface area contributed by atoms with Gasteiger partial charge in [-0.25, -0.2) is 56.7 Å². The molecule has 7 aliphatic carbocycles. The number of halogens is 4. The predicted octanol–water partition coefficient (Wildman–Crippen LogP) is 18.4. The summed E-state index contributed by atoms with van der Waals surface area (Å²) in [4.78, 5) is 107. The number of amides is 4. The van der Waals surface area contributed by atoms with E-state index in [9.17, 15) is 62.1 Å². The number of carboxylic acid groups (broad SMARTS) is 1. The predicted molar refractivity (Wildman–Crippen MR) is 528 cm³/mol. The van der Waals surface area contributed by atoms with Crippen LogP contribution in [0.25, 0.3) is 45.0 Å². The Morgan fingerprint density at radius 1 is 0.426 bits per heavy atom. The van der Waals surface area contributed by atoms with E-state index >= 15 is 4.39 Å². The number of esters is 2. The number of aliphatic hydroxyl groups excluding tert-OH is 1. The molecule has 8 aromatic rings. The summed E-state index contributed by atoms with van der Waals surface area (Å²) in [7, 11) is 6.17.